The van der Waals surface area contributed by atoms with Gasteiger partial charge in [-0.25, -0.2) is 4.98 Å². The van der Waals surface area contributed by atoms with Gasteiger partial charge in [-0.1, -0.05) is 0 Å². The number of aromatic amines is 1. The van der Waals surface area contributed by atoms with Gasteiger partial charge >= 0.3 is 0 Å². The van der Waals surface area contributed by atoms with Crippen LogP contribution in [0.1, 0.15) is 19.8 Å². The Morgan fingerprint density at radius 3 is 3.05 bits per heavy atom. The van der Waals surface area contributed by atoms with Crippen molar-refractivity contribution in [2.24, 2.45) is 0 Å². The normalized spacial score (nSPS) is 23.4. The molecule has 6 nitrogen and oxygen atoms in total. The van der Waals surface area contributed by atoms with E-state index >= 15 is 0 Å². The smallest absolute Gasteiger partial charge is 0.242 e. The summed E-state index contributed by atoms with van der Waals surface area (Å²) < 4.78 is 0. The molecule has 2 aromatic rings. The van der Waals surface area contributed by atoms with E-state index in [2.05, 4.69) is 25.6 Å². The first-order valence-corrected chi connectivity index (χ1v) is 6.59. The fraction of sp³-hybridized carbons (Fsp3) is 0.417. The number of anilines is 1. The molecule has 0 aliphatic carbocycles. The van der Waals surface area contributed by atoms with Gasteiger partial charge < -0.3 is 15.6 Å². The van der Waals surface area contributed by atoms with Crippen molar-refractivity contribution in [3.63, 3.8) is 0 Å². The Hall–Kier alpha value is -1.82. The van der Waals surface area contributed by atoms with Crippen molar-refractivity contribution < 1.29 is 4.79 Å². The van der Waals surface area contributed by atoms with Gasteiger partial charge in [0.05, 0.1) is 5.39 Å². The number of carbonyl (C=O) groups is 1. The quantitative estimate of drug-likeness (QED) is 0.731. The third-order valence-electron chi connectivity index (χ3n) is 3.29. The molecular formula is C12H14ClN5O. The zero-order valence-electron chi connectivity index (χ0n) is 10.4. The van der Waals surface area contributed by atoms with Gasteiger partial charge in [0, 0.05) is 12.2 Å². The summed E-state index contributed by atoms with van der Waals surface area (Å²) >= 11 is 5.88. The maximum Gasteiger partial charge on any atom is 0.242 e. The summed E-state index contributed by atoms with van der Waals surface area (Å²) in [5, 5.41) is 7.06. The van der Waals surface area contributed by atoms with E-state index in [4.69, 9.17) is 11.6 Å². The Balaban J connectivity index is 1.89. The van der Waals surface area contributed by atoms with E-state index < -0.39 is 0 Å². The highest BCUT2D eigenvalue weighted by Crippen LogP contribution is 2.23. The zero-order valence-corrected chi connectivity index (χ0v) is 11.2. The van der Waals surface area contributed by atoms with Crippen molar-refractivity contribution in [2.75, 3.05) is 5.32 Å². The molecule has 100 valence electrons. The molecule has 0 aromatic carbocycles. The molecule has 0 saturated carbocycles. The van der Waals surface area contributed by atoms with Crippen molar-refractivity contribution in [3.8, 4) is 0 Å². The number of halogens is 1. The van der Waals surface area contributed by atoms with Gasteiger partial charge in [0.25, 0.3) is 0 Å². The molecule has 19 heavy (non-hydrogen) atoms. The molecule has 3 rings (SSSR count). The summed E-state index contributed by atoms with van der Waals surface area (Å²) in [5.74, 6) is 0.586. The van der Waals surface area contributed by atoms with E-state index in [1.807, 2.05) is 13.0 Å². The van der Waals surface area contributed by atoms with Gasteiger partial charge in [0.2, 0.25) is 11.2 Å². The molecule has 2 atom stereocenters. The van der Waals surface area contributed by atoms with Crippen molar-refractivity contribution in [3.05, 3.63) is 17.5 Å². The van der Waals surface area contributed by atoms with Crippen LogP contribution in [0.5, 0.6) is 0 Å². The molecular weight excluding hydrogens is 266 g/mol. The largest absolute Gasteiger partial charge is 0.358 e. The zero-order chi connectivity index (χ0) is 13.4. The third-order valence-corrected chi connectivity index (χ3v) is 3.46. The Morgan fingerprint density at radius 2 is 2.26 bits per heavy atom. The second kappa shape index (κ2) is 4.70. The third kappa shape index (κ3) is 2.35. The number of nitrogens with one attached hydrogen (secondary N) is 3. The number of amides is 1. The number of carbonyl (C=O) groups excluding carboxylic acids is 1. The van der Waals surface area contributed by atoms with E-state index in [1.54, 1.807) is 6.20 Å². The van der Waals surface area contributed by atoms with Crippen molar-refractivity contribution >= 4 is 34.4 Å². The monoisotopic (exact) mass is 279 g/mol. The molecule has 3 N–H and O–H groups in total. The Morgan fingerprint density at radius 1 is 1.42 bits per heavy atom. The van der Waals surface area contributed by atoms with Crippen molar-refractivity contribution in [1.29, 1.82) is 0 Å². The molecule has 1 saturated heterocycles. The second-order valence-corrected chi connectivity index (χ2v) is 5.10. The minimum Gasteiger partial charge on any atom is -0.358 e. The minimum absolute atomic E-state index is 0.00262. The van der Waals surface area contributed by atoms with Crippen LogP contribution in [0.3, 0.4) is 0 Å². The van der Waals surface area contributed by atoms with E-state index in [9.17, 15) is 4.79 Å². The predicted molar refractivity (Wildman–Crippen MR) is 73.1 cm³/mol. The van der Waals surface area contributed by atoms with Crippen LogP contribution in [0.4, 0.5) is 5.82 Å². The van der Waals surface area contributed by atoms with Crippen LogP contribution >= 0.6 is 11.6 Å². The SMILES string of the molecule is C[C@H]1CCC(Nc2nc(Cl)nc3[nH]ccc23)C(=O)N1. The number of piperidine rings is 1. The Labute approximate surface area is 115 Å². The number of fused-ring (bicyclic) bond motifs is 1. The maximum absolute atomic E-state index is 11.9. The van der Waals surface area contributed by atoms with Crippen LogP contribution in [0, 0.1) is 0 Å². The number of rotatable bonds is 2. The lowest BCUT2D eigenvalue weighted by molar-refractivity contribution is -0.123. The summed E-state index contributed by atoms with van der Waals surface area (Å²) in [6, 6.07) is 1.81. The highest BCUT2D eigenvalue weighted by atomic mass is 35.5. The summed E-state index contributed by atoms with van der Waals surface area (Å²) in [6.45, 7) is 2.00. The van der Waals surface area contributed by atoms with E-state index in [-0.39, 0.29) is 23.3 Å². The Kier molecular flexibility index (Phi) is 3.02. The fourth-order valence-electron chi connectivity index (χ4n) is 2.29. The first kappa shape index (κ1) is 12.2. The molecule has 7 heteroatoms. The molecule has 1 unspecified atom stereocenters. The van der Waals surface area contributed by atoms with Crippen LogP contribution in [0.2, 0.25) is 5.28 Å². The van der Waals surface area contributed by atoms with Crippen molar-refractivity contribution in [2.45, 2.75) is 31.8 Å². The second-order valence-electron chi connectivity index (χ2n) is 4.77. The van der Waals surface area contributed by atoms with Gasteiger partial charge in [-0.05, 0) is 37.4 Å². The average Bonchev–Trinajstić information content (AvgIpc) is 2.80. The maximum atomic E-state index is 11.9. The molecule has 0 radical (unpaired) electrons. The van der Waals surface area contributed by atoms with E-state index in [0.717, 1.165) is 18.2 Å². The number of aromatic nitrogens is 3. The molecule has 0 bridgehead atoms. The summed E-state index contributed by atoms with van der Waals surface area (Å²) in [7, 11) is 0. The molecule has 0 spiro atoms. The first-order valence-electron chi connectivity index (χ1n) is 6.21. The fourth-order valence-corrected chi connectivity index (χ4v) is 2.46. The number of hydrogen-bond acceptors (Lipinski definition) is 4. The molecule has 1 fully saturated rings. The highest BCUT2D eigenvalue weighted by Gasteiger charge is 2.26. The Bertz CT molecular complexity index is 626. The van der Waals surface area contributed by atoms with Gasteiger partial charge in [0.15, 0.2) is 0 Å². The highest BCUT2D eigenvalue weighted by molar-refractivity contribution is 6.28. The van der Waals surface area contributed by atoms with Crippen LogP contribution in [0.25, 0.3) is 11.0 Å². The summed E-state index contributed by atoms with van der Waals surface area (Å²) in [6.07, 6.45) is 3.49. The predicted octanol–water partition coefficient (Wildman–Crippen LogP) is 1.69. The van der Waals surface area contributed by atoms with Gasteiger partial charge in [-0.15, -0.1) is 0 Å². The number of H-pyrrole nitrogens is 1. The molecule has 1 amide bonds. The van der Waals surface area contributed by atoms with Crippen LogP contribution < -0.4 is 10.6 Å². The number of hydrogen-bond donors (Lipinski definition) is 3. The van der Waals surface area contributed by atoms with Crippen molar-refractivity contribution in [1.82, 2.24) is 20.3 Å². The lowest BCUT2D eigenvalue weighted by Gasteiger charge is -2.27. The lowest BCUT2D eigenvalue weighted by Crippen LogP contribution is -2.48. The number of nitrogens with zero attached hydrogens (tertiary/aromatic N) is 2. The van der Waals surface area contributed by atoms with Crippen LogP contribution in [-0.4, -0.2) is 32.9 Å². The standard InChI is InChI=1S/C12H14ClN5O/c1-6-2-3-8(11(19)15-6)16-10-7-4-5-14-9(7)17-12(13)18-10/h4-6,8H,2-3H2,1H3,(H,15,19)(H2,14,16,17,18)/t6-,8?/m0/s1. The van der Waals surface area contributed by atoms with Gasteiger partial charge in [-0.3, -0.25) is 4.79 Å². The average molecular weight is 280 g/mol. The molecule has 2 aromatic heterocycles. The molecule has 1 aliphatic rings. The topological polar surface area (TPSA) is 82.7 Å². The summed E-state index contributed by atoms with van der Waals surface area (Å²) in [5.41, 5.74) is 0.659. The summed E-state index contributed by atoms with van der Waals surface area (Å²) in [4.78, 5) is 23.1. The molecule has 3 heterocycles. The minimum atomic E-state index is -0.278. The van der Waals surface area contributed by atoms with E-state index in [1.165, 1.54) is 0 Å². The van der Waals surface area contributed by atoms with Gasteiger partial charge in [0.1, 0.15) is 17.5 Å². The molecule has 1 aliphatic heterocycles. The van der Waals surface area contributed by atoms with Crippen LogP contribution in [-0.2, 0) is 4.79 Å². The van der Waals surface area contributed by atoms with E-state index in [0.29, 0.717) is 11.5 Å². The first-order chi connectivity index (χ1) is 9.13. The lowest BCUT2D eigenvalue weighted by atomic mass is 10.0. The van der Waals surface area contributed by atoms with Crippen LogP contribution in [0.15, 0.2) is 12.3 Å². The van der Waals surface area contributed by atoms with Gasteiger partial charge in [-0.2, -0.15) is 4.98 Å².